The number of benzene rings is 1. The molecular formula is C15H16BrFO3. The molecule has 0 N–H and O–H groups in total. The molecule has 0 aliphatic rings. The fourth-order valence-corrected chi connectivity index (χ4v) is 1.57. The first-order chi connectivity index (χ1) is 9.19. The minimum atomic E-state index is -2.29. The predicted molar refractivity (Wildman–Crippen MR) is 78.9 cm³/mol. The van der Waals surface area contributed by atoms with Crippen molar-refractivity contribution < 1.29 is 18.7 Å². The number of ketones is 1. The summed E-state index contributed by atoms with van der Waals surface area (Å²) >= 11 is 3.28. The zero-order valence-corrected chi connectivity index (χ0v) is 13.1. The van der Waals surface area contributed by atoms with Crippen LogP contribution in [0.3, 0.4) is 0 Å². The number of hydrogen-bond acceptors (Lipinski definition) is 3. The van der Waals surface area contributed by atoms with E-state index in [1.165, 1.54) is 6.08 Å². The van der Waals surface area contributed by atoms with E-state index in [0.717, 1.165) is 16.1 Å². The van der Waals surface area contributed by atoms with Gasteiger partial charge in [-0.1, -0.05) is 34.1 Å². The molecule has 20 heavy (non-hydrogen) atoms. The van der Waals surface area contributed by atoms with E-state index < -0.39 is 23.5 Å². The van der Waals surface area contributed by atoms with Crippen molar-refractivity contribution in [1.82, 2.24) is 0 Å². The number of carbonyl (C=O) groups excluding carboxylic acids is 2. The third-order valence-electron chi connectivity index (χ3n) is 2.17. The van der Waals surface area contributed by atoms with E-state index in [1.54, 1.807) is 45.0 Å². The summed E-state index contributed by atoms with van der Waals surface area (Å²) in [4.78, 5) is 22.9. The highest BCUT2D eigenvalue weighted by Crippen LogP contribution is 2.13. The number of halogens is 2. The molecule has 0 saturated heterocycles. The second kappa shape index (κ2) is 6.79. The van der Waals surface area contributed by atoms with E-state index in [4.69, 9.17) is 4.74 Å². The number of rotatable bonds is 4. The third kappa shape index (κ3) is 5.65. The van der Waals surface area contributed by atoms with Crippen LogP contribution in [0.1, 0.15) is 26.3 Å². The standard InChI is InChI=1S/C15H16BrFO3/c1-15(2,3)20-14(19)13(17)12(18)9-6-10-4-7-11(16)8-5-10/h4-9,13H,1-3H3/b9-6+. The van der Waals surface area contributed by atoms with Gasteiger partial charge in [-0.25, -0.2) is 9.18 Å². The van der Waals surface area contributed by atoms with Gasteiger partial charge in [-0.15, -0.1) is 0 Å². The molecule has 0 aliphatic heterocycles. The Morgan fingerprint density at radius 1 is 1.25 bits per heavy atom. The van der Waals surface area contributed by atoms with Crippen LogP contribution in [-0.4, -0.2) is 23.5 Å². The monoisotopic (exact) mass is 342 g/mol. The summed E-state index contributed by atoms with van der Waals surface area (Å²) in [6.07, 6.45) is 0.199. The van der Waals surface area contributed by atoms with Crippen molar-refractivity contribution in [1.29, 1.82) is 0 Å². The van der Waals surface area contributed by atoms with Crippen molar-refractivity contribution in [3.8, 4) is 0 Å². The number of allylic oxidation sites excluding steroid dienone is 1. The van der Waals surface area contributed by atoms with Gasteiger partial charge in [0.05, 0.1) is 0 Å². The number of ether oxygens (including phenoxy) is 1. The number of carbonyl (C=O) groups is 2. The SMILES string of the molecule is CC(C)(C)OC(=O)C(F)C(=O)/C=C/c1ccc(Br)cc1. The summed E-state index contributed by atoms with van der Waals surface area (Å²) in [5.41, 5.74) is -0.0881. The fourth-order valence-electron chi connectivity index (χ4n) is 1.31. The summed E-state index contributed by atoms with van der Waals surface area (Å²) in [5.74, 6) is -2.09. The lowest BCUT2D eigenvalue weighted by Gasteiger charge is -2.20. The maximum absolute atomic E-state index is 13.6. The Morgan fingerprint density at radius 3 is 2.30 bits per heavy atom. The Hall–Kier alpha value is -1.49. The molecule has 1 aromatic rings. The topological polar surface area (TPSA) is 43.4 Å². The van der Waals surface area contributed by atoms with Crippen molar-refractivity contribution in [2.75, 3.05) is 0 Å². The number of hydrogen-bond donors (Lipinski definition) is 0. The van der Waals surface area contributed by atoms with Gasteiger partial charge in [0.15, 0.2) is 0 Å². The Balaban J connectivity index is 2.66. The maximum Gasteiger partial charge on any atom is 0.349 e. The summed E-state index contributed by atoms with van der Waals surface area (Å²) in [7, 11) is 0. The van der Waals surface area contributed by atoms with Crippen LogP contribution in [0.5, 0.6) is 0 Å². The lowest BCUT2D eigenvalue weighted by Crippen LogP contribution is -2.33. The van der Waals surface area contributed by atoms with Crippen molar-refractivity contribution in [2.45, 2.75) is 32.5 Å². The van der Waals surface area contributed by atoms with Crippen LogP contribution in [0.25, 0.3) is 6.08 Å². The molecule has 1 aromatic carbocycles. The molecule has 1 rings (SSSR count). The number of alkyl halides is 1. The van der Waals surface area contributed by atoms with Gasteiger partial charge in [-0.3, -0.25) is 4.79 Å². The normalized spacial score (nSPS) is 13.2. The van der Waals surface area contributed by atoms with E-state index in [-0.39, 0.29) is 0 Å². The van der Waals surface area contributed by atoms with Crippen molar-refractivity contribution in [3.05, 3.63) is 40.4 Å². The van der Waals surface area contributed by atoms with Crippen molar-refractivity contribution >= 4 is 33.8 Å². The van der Waals surface area contributed by atoms with Gasteiger partial charge in [-0.05, 0) is 44.5 Å². The predicted octanol–water partition coefficient (Wildman–Crippen LogP) is 3.71. The maximum atomic E-state index is 13.6. The first-order valence-electron chi connectivity index (χ1n) is 6.03. The highest BCUT2D eigenvalue weighted by atomic mass is 79.9. The van der Waals surface area contributed by atoms with Crippen LogP contribution in [0.15, 0.2) is 34.8 Å². The first kappa shape index (κ1) is 16.6. The Kier molecular flexibility index (Phi) is 5.62. The summed E-state index contributed by atoms with van der Waals surface area (Å²) < 4.78 is 19.3. The molecule has 1 unspecified atom stereocenters. The molecule has 0 bridgehead atoms. The first-order valence-corrected chi connectivity index (χ1v) is 6.83. The van der Waals surface area contributed by atoms with Crippen LogP contribution in [0.4, 0.5) is 4.39 Å². The van der Waals surface area contributed by atoms with Crippen molar-refractivity contribution in [3.63, 3.8) is 0 Å². The molecule has 1 atom stereocenters. The molecule has 3 nitrogen and oxygen atoms in total. The second-order valence-electron chi connectivity index (χ2n) is 5.18. The van der Waals surface area contributed by atoms with Crippen LogP contribution >= 0.6 is 15.9 Å². The molecule has 0 radical (unpaired) electrons. The average Bonchev–Trinajstić information content (AvgIpc) is 2.34. The van der Waals surface area contributed by atoms with Gasteiger partial charge >= 0.3 is 5.97 Å². The van der Waals surface area contributed by atoms with Crippen LogP contribution < -0.4 is 0 Å². The average molecular weight is 343 g/mol. The summed E-state index contributed by atoms with van der Waals surface area (Å²) in [5, 5.41) is 0. The highest BCUT2D eigenvalue weighted by Gasteiger charge is 2.29. The van der Waals surface area contributed by atoms with E-state index in [1.807, 2.05) is 0 Å². The molecule has 0 aromatic heterocycles. The smallest absolute Gasteiger partial charge is 0.349 e. The second-order valence-corrected chi connectivity index (χ2v) is 6.10. The zero-order valence-electron chi connectivity index (χ0n) is 11.5. The molecule has 0 fully saturated rings. The van der Waals surface area contributed by atoms with Crippen LogP contribution in [0, 0.1) is 0 Å². The van der Waals surface area contributed by atoms with Gasteiger partial charge in [-0.2, -0.15) is 0 Å². The molecule has 108 valence electrons. The molecule has 0 heterocycles. The molecule has 0 amide bonds. The lowest BCUT2D eigenvalue weighted by atomic mass is 10.1. The molecule has 0 saturated carbocycles. The quantitative estimate of drug-likeness (QED) is 0.476. The summed E-state index contributed by atoms with van der Waals surface area (Å²) in [6, 6.07) is 7.11. The van der Waals surface area contributed by atoms with Crippen LogP contribution in [-0.2, 0) is 14.3 Å². The van der Waals surface area contributed by atoms with E-state index in [9.17, 15) is 14.0 Å². The van der Waals surface area contributed by atoms with E-state index >= 15 is 0 Å². The van der Waals surface area contributed by atoms with Gasteiger partial charge in [0.2, 0.25) is 5.78 Å². The highest BCUT2D eigenvalue weighted by molar-refractivity contribution is 9.10. The lowest BCUT2D eigenvalue weighted by molar-refractivity contribution is -0.162. The van der Waals surface area contributed by atoms with Crippen molar-refractivity contribution in [2.24, 2.45) is 0 Å². The molecule has 0 aliphatic carbocycles. The molecule has 0 spiro atoms. The minimum Gasteiger partial charge on any atom is -0.457 e. The van der Waals surface area contributed by atoms with Gasteiger partial charge in [0.1, 0.15) is 5.60 Å². The Labute approximate surface area is 125 Å². The van der Waals surface area contributed by atoms with Gasteiger partial charge in [0.25, 0.3) is 6.17 Å². The van der Waals surface area contributed by atoms with Gasteiger partial charge in [0, 0.05) is 4.47 Å². The van der Waals surface area contributed by atoms with Crippen LogP contribution in [0.2, 0.25) is 0 Å². The number of esters is 1. The largest absolute Gasteiger partial charge is 0.457 e. The zero-order chi connectivity index (χ0) is 15.3. The molecule has 5 heteroatoms. The minimum absolute atomic E-state index is 0.734. The molecular weight excluding hydrogens is 327 g/mol. The van der Waals surface area contributed by atoms with E-state index in [2.05, 4.69) is 15.9 Å². The third-order valence-corrected chi connectivity index (χ3v) is 2.70. The fraction of sp³-hybridized carbons (Fsp3) is 0.333. The Bertz CT molecular complexity index is 515. The van der Waals surface area contributed by atoms with Gasteiger partial charge < -0.3 is 4.74 Å². The Morgan fingerprint density at radius 2 is 1.80 bits per heavy atom. The van der Waals surface area contributed by atoms with E-state index in [0.29, 0.717) is 0 Å². The summed E-state index contributed by atoms with van der Waals surface area (Å²) in [6.45, 7) is 4.83.